The number of hydrogen-bond donors (Lipinski definition) is 2. The highest BCUT2D eigenvalue weighted by Gasteiger charge is 2.08. The minimum Gasteiger partial charge on any atom is -0.343 e. The van der Waals surface area contributed by atoms with Gasteiger partial charge in [-0.2, -0.15) is 0 Å². The van der Waals surface area contributed by atoms with Crippen LogP contribution in [-0.2, 0) is 4.79 Å². The Balaban J connectivity index is 1.81. The van der Waals surface area contributed by atoms with Crippen LogP contribution in [-0.4, -0.2) is 28.6 Å². The molecule has 7 heteroatoms. The molecule has 0 unspecified atom stereocenters. The lowest BCUT2D eigenvalue weighted by Gasteiger charge is -2.04. The third kappa shape index (κ3) is 3.36. The zero-order valence-electron chi connectivity index (χ0n) is 9.29. The summed E-state index contributed by atoms with van der Waals surface area (Å²) in [4.78, 5) is 23.1. The van der Waals surface area contributed by atoms with Crippen molar-refractivity contribution in [2.24, 2.45) is 0 Å². The van der Waals surface area contributed by atoms with Gasteiger partial charge in [0.05, 0.1) is 6.54 Å². The van der Waals surface area contributed by atoms with Crippen molar-refractivity contribution in [1.82, 2.24) is 15.5 Å². The summed E-state index contributed by atoms with van der Waals surface area (Å²) in [5.74, 6) is -0.626. The minimum absolute atomic E-state index is 0.104. The Morgan fingerprint density at radius 1 is 1.22 bits per heavy atom. The van der Waals surface area contributed by atoms with Crippen LogP contribution in [0.5, 0.6) is 0 Å². The fraction of sp³-hybridized carbons (Fsp3) is 0.0909. The molecule has 0 saturated heterocycles. The fourth-order valence-corrected chi connectivity index (χ4v) is 1.70. The van der Waals surface area contributed by atoms with E-state index < -0.39 is 0 Å². The van der Waals surface area contributed by atoms with Crippen LogP contribution in [0.4, 0.5) is 5.13 Å². The van der Waals surface area contributed by atoms with Crippen LogP contribution in [0.15, 0.2) is 35.8 Å². The maximum Gasteiger partial charge on any atom is 0.251 e. The van der Waals surface area contributed by atoms with Crippen LogP contribution in [0.1, 0.15) is 10.4 Å². The van der Waals surface area contributed by atoms with Gasteiger partial charge >= 0.3 is 0 Å². The van der Waals surface area contributed by atoms with Gasteiger partial charge in [-0.25, -0.2) is 0 Å². The molecule has 0 radical (unpaired) electrons. The van der Waals surface area contributed by atoms with E-state index in [0.29, 0.717) is 10.7 Å². The van der Waals surface area contributed by atoms with Crippen molar-refractivity contribution in [2.45, 2.75) is 0 Å². The van der Waals surface area contributed by atoms with Crippen LogP contribution in [0.3, 0.4) is 0 Å². The van der Waals surface area contributed by atoms with Gasteiger partial charge in [-0.3, -0.25) is 14.9 Å². The summed E-state index contributed by atoms with van der Waals surface area (Å²) in [6.45, 7) is -0.104. The van der Waals surface area contributed by atoms with Gasteiger partial charge in [-0.1, -0.05) is 29.5 Å². The van der Waals surface area contributed by atoms with E-state index in [0.717, 1.165) is 0 Å². The molecule has 0 fully saturated rings. The van der Waals surface area contributed by atoms with Gasteiger partial charge in [0.1, 0.15) is 5.51 Å². The highest BCUT2D eigenvalue weighted by Crippen LogP contribution is 2.06. The highest BCUT2D eigenvalue weighted by atomic mass is 32.1. The average Bonchev–Trinajstić information content (AvgIpc) is 2.90. The SMILES string of the molecule is O=C(CNC(=O)c1ccccc1)Nc1nncs1. The summed E-state index contributed by atoms with van der Waals surface area (Å²) in [6.07, 6.45) is 0. The summed E-state index contributed by atoms with van der Waals surface area (Å²) in [5, 5.41) is 12.7. The predicted octanol–water partition coefficient (Wildman–Crippen LogP) is 0.907. The number of anilines is 1. The van der Waals surface area contributed by atoms with Gasteiger partial charge in [0.2, 0.25) is 11.0 Å². The second-order valence-corrected chi connectivity index (χ2v) is 4.17. The van der Waals surface area contributed by atoms with Crippen molar-refractivity contribution in [3.8, 4) is 0 Å². The summed E-state index contributed by atoms with van der Waals surface area (Å²) >= 11 is 1.22. The number of carbonyl (C=O) groups is 2. The van der Waals surface area contributed by atoms with E-state index in [1.807, 2.05) is 6.07 Å². The lowest BCUT2D eigenvalue weighted by Crippen LogP contribution is -2.32. The van der Waals surface area contributed by atoms with E-state index >= 15 is 0 Å². The molecule has 0 aliphatic rings. The van der Waals surface area contributed by atoms with Crippen LogP contribution >= 0.6 is 11.3 Å². The Kier molecular flexibility index (Phi) is 3.98. The standard InChI is InChI=1S/C11H10N4O2S/c16-9(14-11-15-13-7-18-11)6-12-10(17)8-4-2-1-3-5-8/h1-5,7H,6H2,(H,12,17)(H,14,15,16). The maximum atomic E-state index is 11.6. The molecule has 1 heterocycles. The topological polar surface area (TPSA) is 84.0 Å². The Labute approximate surface area is 107 Å². The molecule has 2 rings (SSSR count). The minimum atomic E-state index is -0.337. The maximum absolute atomic E-state index is 11.6. The van der Waals surface area contributed by atoms with E-state index in [9.17, 15) is 9.59 Å². The number of hydrogen-bond acceptors (Lipinski definition) is 5. The molecule has 0 atom stereocenters. The van der Waals surface area contributed by atoms with E-state index in [4.69, 9.17) is 0 Å². The van der Waals surface area contributed by atoms with Crippen molar-refractivity contribution in [1.29, 1.82) is 0 Å². The van der Waals surface area contributed by atoms with Crippen molar-refractivity contribution in [2.75, 3.05) is 11.9 Å². The number of benzene rings is 1. The number of nitrogens with one attached hydrogen (secondary N) is 2. The summed E-state index contributed by atoms with van der Waals surface area (Å²) in [5.41, 5.74) is 2.03. The average molecular weight is 262 g/mol. The Hall–Kier alpha value is -2.28. The summed E-state index contributed by atoms with van der Waals surface area (Å²) < 4.78 is 0. The van der Waals surface area contributed by atoms with Gasteiger partial charge in [-0.15, -0.1) is 10.2 Å². The molecule has 2 N–H and O–H groups in total. The monoisotopic (exact) mass is 262 g/mol. The molecule has 1 aromatic heterocycles. The quantitative estimate of drug-likeness (QED) is 0.857. The number of aromatic nitrogens is 2. The van der Waals surface area contributed by atoms with E-state index in [-0.39, 0.29) is 18.4 Å². The fourth-order valence-electron chi connectivity index (χ4n) is 1.24. The number of nitrogens with zero attached hydrogens (tertiary/aromatic N) is 2. The molecule has 2 amide bonds. The first kappa shape index (κ1) is 12.2. The second kappa shape index (κ2) is 5.87. The van der Waals surface area contributed by atoms with E-state index in [1.54, 1.807) is 24.3 Å². The molecule has 92 valence electrons. The van der Waals surface area contributed by atoms with Crippen molar-refractivity contribution >= 4 is 28.3 Å². The third-order valence-electron chi connectivity index (χ3n) is 2.05. The van der Waals surface area contributed by atoms with E-state index in [1.165, 1.54) is 16.8 Å². The normalized spacial score (nSPS) is 9.78. The molecule has 0 aliphatic carbocycles. The third-order valence-corrected chi connectivity index (χ3v) is 2.66. The Morgan fingerprint density at radius 2 is 2.00 bits per heavy atom. The van der Waals surface area contributed by atoms with Crippen molar-refractivity contribution in [3.63, 3.8) is 0 Å². The smallest absolute Gasteiger partial charge is 0.251 e. The number of amides is 2. The number of rotatable bonds is 4. The van der Waals surface area contributed by atoms with Crippen LogP contribution in [0.2, 0.25) is 0 Å². The molecule has 2 aromatic rings. The summed E-state index contributed by atoms with van der Waals surface area (Å²) in [6, 6.07) is 8.70. The molecule has 0 aliphatic heterocycles. The molecule has 1 aromatic carbocycles. The van der Waals surface area contributed by atoms with Gasteiger partial charge in [0.15, 0.2) is 0 Å². The molecular weight excluding hydrogens is 252 g/mol. The molecule has 0 bridgehead atoms. The molecular formula is C11H10N4O2S. The second-order valence-electron chi connectivity index (χ2n) is 3.34. The van der Waals surface area contributed by atoms with Gasteiger partial charge < -0.3 is 5.32 Å². The zero-order chi connectivity index (χ0) is 12.8. The largest absolute Gasteiger partial charge is 0.343 e. The highest BCUT2D eigenvalue weighted by molar-refractivity contribution is 7.13. The van der Waals surface area contributed by atoms with Crippen molar-refractivity contribution in [3.05, 3.63) is 41.4 Å². The van der Waals surface area contributed by atoms with Crippen LogP contribution in [0.25, 0.3) is 0 Å². The first-order valence-electron chi connectivity index (χ1n) is 5.15. The molecule has 6 nitrogen and oxygen atoms in total. The van der Waals surface area contributed by atoms with Gasteiger partial charge in [0, 0.05) is 5.56 Å². The van der Waals surface area contributed by atoms with Crippen LogP contribution < -0.4 is 10.6 Å². The van der Waals surface area contributed by atoms with Crippen molar-refractivity contribution < 1.29 is 9.59 Å². The van der Waals surface area contributed by atoms with E-state index in [2.05, 4.69) is 20.8 Å². The Morgan fingerprint density at radius 3 is 2.67 bits per heavy atom. The predicted molar refractivity (Wildman–Crippen MR) is 67.3 cm³/mol. The lowest BCUT2D eigenvalue weighted by molar-refractivity contribution is -0.115. The summed E-state index contributed by atoms with van der Waals surface area (Å²) in [7, 11) is 0. The molecule has 0 saturated carbocycles. The first-order valence-corrected chi connectivity index (χ1v) is 6.03. The zero-order valence-corrected chi connectivity index (χ0v) is 10.1. The Bertz CT molecular complexity index is 527. The van der Waals surface area contributed by atoms with Gasteiger partial charge in [0.25, 0.3) is 5.91 Å². The number of carbonyl (C=O) groups excluding carboxylic acids is 2. The van der Waals surface area contributed by atoms with Crippen LogP contribution in [0, 0.1) is 0 Å². The first-order chi connectivity index (χ1) is 8.75. The molecule has 18 heavy (non-hydrogen) atoms. The van der Waals surface area contributed by atoms with Gasteiger partial charge in [-0.05, 0) is 12.1 Å². The lowest BCUT2D eigenvalue weighted by atomic mass is 10.2. The molecule has 0 spiro atoms.